The van der Waals surface area contributed by atoms with Crippen LogP contribution in [0.4, 0.5) is 0 Å². The molecule has 4 nitrogen and oxygen atoms in total. The standard InChI is InChI=1S/C14H13NO3/c1-18-14(17)10-9-12-7-5-11(6-8-12)3-2-4-13(15)16/h5-10H,4H2,1H3,(H2,15,16)/b10-9+. The van der Waals surface area contributed by atoms with E-state index in [1.807, 2.05) is 12.1 Å². The molecule has 0 heterocycles. The van der Waals surface area contributed by atoms with Gasteiger partial charge in [0.1, 0.15) is 0 Å². The zero-order chi connectivity index (χ0) is 13.4. The molecular formula is C14H13NO3. The van der Waals surface area contributed by atoms with E-state index >= 15 is 0 Å². The molecule has 0 unspecified atom stereocenters. The van der Waals surface area contributed by atoms with Crippen molar-refractivity contribution in [1.29, 1.82) is 0 Å². The van der Waals surface area contributed by atoms with E-state index in [9.17, 15) is 9.59 Å². The second kappa shape index (κ2) is 6.92. The zero-order valence-corrected chi connectivity index (χ0v) is 9.97. The molecule has 18 heavy (non-hydrogen) atoms. The Morgan fingerprint density at radius 1 is 1.33 bits per heavy atom. The van der Waals surface area contributed by atoms with Crippen LogP contribution in [-0.4, -0.2) is 19.0 Å². The fraction of sp³-hybridized carbons (Fsp3) is 0.143. The lowest BCUT2D eigenvalue weighted by atomic mass is 10.1. The van der Waals surface area contributed by atoms with Crippen molar-refractivity contribution in [3.63, 3.8) is 0 Å². The normalized spacial score (nSPS) is 9.61. The average molecular weight is 243 g/mol. The van der Waals surface area contributed by atoms with Crippen molar-refractivity contribution in [2.75, 3.05) is 7.11 Å². The maximum atomic E-state index is 10.9. The molecule has 1 aromatic rings. The van der Waals surface area contributed by atoms with E-state index < -0.39 is 11.9 Å². The highest BCUT2D eigenvalue weighted by molar-refractivity contribution is 5.86. The molecule has 1 amide bonds. The minimum absolute atomic E-state index is 0.0456. The summed E-state index contributed by atoms with van der Waals surface area (Å²) in [5, 5.41) is 0. The molecule has 0 bridgehead atoms. The molecule has 0 saturated carbocycles. The number of hydrogen-bond acceptors (Lipinski definition) is 3. The highest BCUT2D eigenvalue weighted by Crippen LogP contribution is 2.05. The molecule has 0 aliphatic carbocycles. The van der Waals surface area contributed by atoms with Gasteiger partial charge in [0.05, 0.1) is 13.5 Å². The van der Waals surface area contributed by atoms with Gasteiger partial charge < -0.3 is 10.5 Å². The molecule has 0 aliphatic heterocycles. The van der Waals surface area contributed by atoms with E-state index in [1.54, 1.807) is 18.2 Å². The van der Waals surface area contributed by atoms with Gasteiger partial charge in [0.2, 0.25) is 5.91 Å². The largest absolute Gasteiger partial charge is 0.466 e. The smallest absolute Gasteiger partial charge is 0.330 e. The molecule has 4 heteroatoms. The molecule has 0 fully saturated rings. The highest BCUT2D eigenvalue weighted by Gasteiger charge is 1.92. The van der Waals surface area contributed by atoms with E-state index in [1.165, 1.54) is 13.2 Å². The number of esters is 1. The Labute approximate surface area is 105 Å². The Kier molecular flexibility index (Phi) is 5.20. The second-order valence-corrected chi connectivity index (χ2v) is 3.42. The van der Waals surface area contributed by atoms with E-state index in [-0.39, 0.29) is 6.42 Å². The number of amides is 1. The van der Waals surface area contributed by atoms with Crippen LogP contribution in [0.3, 0.4) is 0 Å². The summed E-state index contributed by atoms with van der Waals surface area (Å²) < 4.78 is 4.48. The minimum Gasteiger partial charge on any atom is -0.466 e. The molecular weight excluding hydrogens is 230 g/mol. The first kappa shape index (κ1) is 13.5. The number of benzene rings is 1. The third-order valence-corrected chi connectivity index (χ3v) is 2.02. The summed E-state index contributed by atoms with van der Waals surface area (Å²) in [6, 6.07) is 7.22. The third kappa shape index (κ3) is 4.99. The number of carbonyl (C=O) groups is 2. The molecule has 0 aliphatic rings. The Hall–Kier alpha value is -2.54. The van der Waals surface area contributed by atoms with Gasteiger partial charge in [0.25, 0.3) is 0 Å². The lowest BCUT2D eigenvalue weighted by Crippen LogP contribution is -2.08. The Bertz CT molecular complexity index is 518. The van der Waals surface area contributed by atoms with Crippen LogP contribution in [-0.2, 0) is 14.3 Å². The van der Waals surface area contributed by atoms with Crippen LogP contribution in [0.15, 0.2) is 30.3 Å². The fourth-order valence-electron chi connectivity index (χ4n) is 1.14. The summed E-state index contributed by atoms with van der Waals surface area (Å²) in [4.78, 5) is 21.4. The summed E-state index contributed by atoms with van der Waals surface area (Å²) in [7, 11) is 1.32. The molecule has 0 spiro atoms. The van der Waals surface area contributed by atoms with E-state index in [4.69, 9.17) is 5.73 Å². The molecule has 1 rings (SSSR count). The van der Waals surface area contributed by atoms with Gasteiger partial charge in [-0.05, 0) is 23.8 Å². The lowest BCUT2D eigenvalue weighted by Gasteiger charge is -1.94. The van der Waals surface area contributed by atoms with Crippen molar-refractivity contribution in [3.05, 3.63) is 41.5 Å². The van der Waals surface area contributed by atoms with Crippen molar-refractivity contribution < 1.29 is 14.3 Å². The molecule has 1 aromatic carbocycles. The fourth-order valence-corrected chi connectivity index (χ4v) is 1.14. The van der Waals surface area contributed by atoms with Crippen molar-refractivity contribution in [3.8, 4) is 11.8 Å². The maximum Gasteiger partial charge on any atom is 0.330 e. The van der Waals surface area contributed by atoms with Crippen molar-refractivity contribution >= 4 is 18.0 Å². The maximum absolute atomic E-state index is 10.9. The van der Waals surface area contributed by atoms with Crippen LogP contribution >= 0.6 is 0 Å². The number of carbonyl (C=O) groups excluding carboxylic acids is 2. The number of rotatable bonds is 3. The minimum atomic E-state index is -0.444. The summed E-state index contributed by atoms with van der Waals surface area (Å²) in [5.74, 6) is 4.63. The van der Waals surface area contributed by atoms with E-state index in [0.29, 0.717) is 0 Å². The highest BCUT2D eigenvalue weighted by atomic mass is 16.5. The summed E-state index contributed by atoms with van der Waals surface area (Å²) in [6.45, 7) is 0. The van der Waals surface area contributed by atoms with Gasteiger partial charge in [0, 0.05) is 11.6 Å². The molecule has 92 valence electrons. The summed E-state index contributed by atoms with van der Waals surface area (Å²) in [6.07, 6.45) is 3.03. The van der Waals surface area contributed by atoms with Gasteiger partial charge in [-0.1, -0.05) is 24.0 Å². The molecule has 0 atom stereocenters. The van der Waals surface area contributed by atoms with Crippen molar-refractivity contribution in [1.82, 2.24) is 0 Å². The number of hydrogen-bond donors (Lipinski definition) is 1. The zero-order valence-electron chi connectivity index (χ0n) is 9.97. The first-order chi connectivity index (χ1) is 8.61. The molecule has 0 radical (unpaired) electrons. The predicted octanol–water partition coefficient (Wildman–Crippen LogP) is 1.10. The van der Waals surface area contributed by atoms with Crippen LogP contribution < -0.4 is 5.73 Å². The monoisotopic (exact) mass is 243 g/mol. The van der Waals surface area contributed by atoms with Crippen LogP contribution in [0.2, 0.25) is 0 Å². The Morgan fingerprint density at radius 2 is 2.00 bits per heavy atom. The van der Waals surface area contributed by atoms with Crippen molar-refractivity contribution in [2.24, 2.45) is 5.73 Å². The van der Waals surface area contributed by atoms with Crippen LogP contribution in [0.1, 0.15) is 17.5 Å². The van der Waals surface area contributed by atoms with E-state index in [2.05, 4.69) is 16.6 Å². The predicted molar refractivity (Wildman–Crippen MR) is 68.2 cm³/mol. The van der Waals surface area contributed by atoms with Gasteiger partial charge in [-0.2, -0.15) is 0 Å². The lowest BCUT2D eigenvalue weighted by molar-refractivity contribution is -0.134. The van der Waals surface area contributed by atoms with Gasteiger partial charge >= 0.3 is 5.97 Å². The number of ether oxygens (including phenoxy) is 1. The van der Waals surface area contributed by atoms with Crippen LogP contribution in [0, 0.1) is 11.8 Å². The quantitative estimate of drug-likeness (QED) is 0.491. The van der Waals surface area contributed by atoms with Gasteiger partial charge in [0.15, 0.2) is 0 Å². The molecule has 0 aromatic heterocycles. The average Bonchev–Trinajstić information content (AvgIpc) is 2.37. The van der Waals surface area contributed by atoms with Crippen molar-refractivity contribution in [2.45, 2.75) is 6.42 Å². The first-order valence-corrected chi connectivity index (χ1v) is 5.25. The SMILES string of the molecule is COC(=O)/C=C/c1ccc(C#CCC(N)=O)cc1. The topological polar surface area (TPSA) is 69.4 Å². The van der Waals surface area contributed by atoms with Crippen LogP contribution in [0.5, 0.6) is 0 Å². The summed E-state index contributed by atoms with van der Waals surface area (Å²) >= 11 is 0. The van der Waals surface area contributed by atoms with Gasteiger partial charge in [-0.3, -0.25) is 4.79 Å². The number of methoxy groups -OCH3 is 1. The van der Waals surface area contributed by atoms with E-state index in [0.717, 1.165) is 11.1 Å². The first-order valence-electron chi connectivity index (χ1n) is 5.25. The van der Waals surface area contributed by atoms with Gasteiger partial charge in [-0.15, -0.1) is 0 Å². The second-order valence-electron chi connectivity index (χ2n) is 3.42. The third-order valence-electron chi connectivity index (χ3n) is 2.02. The number of nitrogens with two attached hydrogens (primary N) is 1. The molecule has 0 saturated heterocycles. The van der Waals surface area contributed by atoms with Gasteiger partial charge in [-0.25, -0.2) is 4.79 Å². The Balaban J connectivity index is 2.67. The Morgan fingerprint density at radius 3 is 2.56 bits per heavy atom. The van der Waals surface area contributed by atoms with Crippen LogP contribution in [0.25, 0.3) is 6.08 Å². The number of primary amides is 1. The molecule has 2 N–H and O–H groups in total. The summed E-state index contributed by atoms with van der Waals surface area (Å²) in [5.41, 5.74) is 6.61.